The Bertz CT molecular complexity index is 1430. The van der Waals surface area contributed by atoms with E-state index in [0.717, 1.165) is 48.3 Å². The molecule has 0 unspecified atom stereocenters. The first-order valence-corrected chi connectivity index (χ1v) is 14.4. The van der Waals surface area contributed by atoms with Crippen LogP contribution in [0.3, 0.4) is 0 Å². The molecule has 2 N–H and O–H groups in total. The van der Waals surface area contributed by atoms with E-state index in [1.165, 1.54) is 0 Å². The molecule has 200 valence electrons. The van der Waals surface area contributed by atoms with Crippen molar-refractivity contribution >= 4 is 38.2 Å². The Morgan fingerprint density at radius 2 is 1.79 bits per heavy atom. The maximum absolute atomic E-state index is 12.3. The number of amides is 2. The zero-order valence-electron chi connectivity index (χ0n) is 21.5. The second-order valence-electron chi connectivity index (χ2n) is 9.43. The maximum atomic E-state index is 12.3. The van der Waals surface area contributed by atoms with Gasteiger partial charge in [-0.05, 0) is 43.1 Å². The van der Waals surface area contributed by atoms with Gasteiger partial charge >= 0.3 is 0 Å². The lowest BCUT2D eigenvalue weighted by atomic mass is 10.1. The highest BCUT2D eigenvalue weighted by Crippen LogP contribution is 2.28. The number of fused-ring (bicyclic) bond motifs is 2. The summed E-state index contributed by atoms with van der Waals surface area (Å²) in [6.45, 7) is 4.06. The minimum absolute atomic E-state index is 0.0137. The van der Waals surface area contributed by atoms with Gasteiger partial charge in [-0.1, -0.05) is 36.4 Å². The molecule has 0 bridgehead atoms. The van der Waals surface area contributed by atoms with Crippen LogP contribution >= 0.6 is 0 Å². The lowest BCUT2D eigenvalue weighted by Gasteiger charge is -2.31. The standard InChI is InChI=1S/C18H25N3O3S.C10H8N2O/c1-19-8-10-20(11-9-19)7-4-13-25(23,24)14-12-21-17-6-3-2-5-16(17)15-18(21)22;11-10(13)8-3-1-5-9-7(8)4-2-6-12-9/h2-7H,8-15H2,1H3;1-6H,(H2,11,13). The minimum Gasteiger partial charge on any atom is -0.375 e. The summed E-state index contributed by atoms with van der Waals surface area (Å²) in [4.78, 5) is 33.2. The molecule has 38 heavy (non-hydrogen) atoms. The van der Waals surface area contributed by atoms with E-state index in [1.807, 2.05) is 42.6 Å². The maximum Gasteiger partial charge on any atom is 0.249 e. The van der Waals surface area contributed by atoms with Gasteiger partial charge in [-0.3, -0.25) is 14.6 Å². The molecule has 0 saturated carbocycles. The topological polar surface area (TPSA) is 117 Å². The van der Waals surface area contributed by atoms with Crippen molar-refractivity contribution in [1.82, 2.24) is 14.8 Å². The van der Waals surface area contributed by atoms with Crippen molar-refractivity contribution in [2.45, 2.75) is 6.42 Å². The highest BCUT2D eigenvalue weighted by Gasteiger charge is 2.27. The van der Waals surface area contributed by atoms with E-state index in [1.54, 1.807) is 35.4 Å². The fraction of sp³-hybridized carbons (Fsp3) is 0.321. The molecule has 0 spiro atoms. The van der Waals surface area contributed by atoms with Crippen molar-refractivity contribution in [3.8, 4) is 0 Å². The molecule has 5 rings (SSSR count). The summed E-state index contributed by atoms with van der Waals surface area (Å²) in [5.74, 6) is -0.439. The van der Waals surface area contributed by atoms with Crippen molar-refractivity contribution in [2.24, 2.45) is 5.73 Å². The Balaban J connectivity index is 0.000000216. The molecular formula is C28H33N5O4S. The summed E-state index contributed by atoms with van der Waals surface area (Å²) >= 11 is 0. The number of piperazine rings is 1. The number of pyridine rings is 1. The van der Waals surface area contributed by atoms with Crippen LogP contribution in [-0.2, 0) is 21.1 Å². The van der Waals surface area contributed by atoms with Gasteiger partial charge in [0.15, 0.2) is 9.84 Å². The molecule has 3 aromatic rings. The molecule has 0 radical (unpaired) electrons. The average molecular weight is 536 g/mol. The summed E-state index contributed by atoms with van der Waals surface area (Å²) in [5.41, 5.74) is 8.34. The Morgan fingerprint density at radius 3 is 2.55 bits per heavy atom. The monoisotopic (exact) mass is 535 g/mol. The van der Waals surface area contributed by atoms with E-state index >= 15 is 0 Å². The van der Waals surface area contributed by atoms with Crippen LogP contribution in [0.15, 0.2) is 73.1 Å². The van der Waals surface area contributed by atoms with E-state index < -0.39 is 15.7 Å². The van der Waals surface area contributed by atoms with Crippen molar-refractivity contribution in [3.05, 3.63) is 84.2 Å². The molecule has 10 heteroatoms. The summed E-state index contributed by atoms with van der Waals surface area (Å²) in [6.07, 6.45) is 5.66. The van der Waals surface area contributed by atoms with Crippen LogP contribution < -0.4 is 10.6 Å². The van der Waals surface area contributed by atoms with Gasteiger partial charge in [-0.25, -0.2) is 8.42 Å². The molecule has 9 nitrogen and oxygen atoms in total. The molecule has 2 aliphatic rings. The number of rotatable bonds is 7. The van der Waals surface area contributed by atoms with Gasteiger partial charge in [-0.15, -0.1) is 0 Å². The van der Waals surface area contributed by atoms with E-state index in [2.05, 4.69) is 21.8 Å². The number of aromatic nitrogens is 1. The number of nitrogens with zero attached hydrogens (tertiary/aromatic N) is 4. The predicted octanol–water partition coefficient (Wildman–Crippen LogP) is 2.09. The normalized spacial score (nSPS) is 16.0. The molecule has 2 aliphatic heterocycles. The van der Waals surface area contributed by atoms with Crippen LogP contribution in [0, 0.1) is 0 Å². The summed E-state index contributed by atoms with van der Waals surface area (Å²) < 4.78 is 24.6. The lowest BCUT2D eigenvalue weighted by Crippen LogP contribution is -2.41. The number of hydrogen-bond donors (Lipinski definition) is 1. The smallest absolute Gasteiger partial charge is 0.249 e. The second-order valence-corrected chi connectivity index (χ2v) is 11.7. The zero-order valence-corrected chi connectivity index (χ0v) is 22.3. The van der Waals surface area contributed by atoms with Crippen LogP contribution in [0.1, 0.15) is 15.9 Å². The highest BCUT2D eigenvalue weighted by atomic mass is 32.2. The molecule has 3 heterocycles. The molecular weight excluding hydrogens is 502 g/mol. The van der Waals surface area contributed by atoms with Gasteiger partial charge in [0.2, 0.25) is 11.8 Å². The third-order valence-electron chi connectivity index (χ3n) is 6.67. The fourth-order valence-electron chi connectivity index (χ4n) is 4.50. The summed E-state index contributed by atoms with van der Waals surface area (Å²) in [6, 6.07) is 16.5. The largest absolute Gasteiger partial charge is 0.375 e. The highest BCUT2D eigenvalue weighted by molar-refractivity contribution is 7.91. The van der Waals surface area contributed by atoms with Gasteiger partial charge < -0.3 is 20.4 Å². The fourth-order valence-corrected chi connectivity index (χ4v) is 5.51. The third kappa shape index (κ3) is 6.96. The Labute approximate surface area is 223 Å². The SMILES string of the molecule is CN1CCN(C=CCS(=O)(=O)CCN2C(=O)Cc3ccccc32)CC1.NC(=O)c1cccc2ncccc12. The Morgan fingerprint density at radius 1 is 1.03 bits per heavy atom. The van der Waals surface area contributed by atoms with Crippen LogP contribution in [-0.4, -0.2) is 86.3 Å². The average Bonchev–Trinajstić information content (AvgIpc) is 3.23. The van der Waals surface area contributed by atoms with Gasteiger partial charge in [0.25, 0.3) is 0 Å². The summed E-state index contributed by atoms with van der Waals surface area (Å²) in [5, 5.41) is 0.803. The number of carbonyl (C=O) groups is 2. The van der Waals surface area contributed by atoms with E-state index in [0.29, 0.717) is 12.0 Å². The number of primary amides is 1. The molecule has 0 aliphatic carbocycles. The third-order valence-corrected chi connectivity index (χ3v) is 8.17. The minimum atomic E-state index is -3.22. The van der Waals surface area contributed by atoms with Crippen LogP contribution in [0.2, 0.25) is 0 Å². The van der Waals surface area contributed by atoms with Crippen molar-refractivity contribution < 1.29 is 18.0 Å². The molecule has 1 fully saturated rings. The van der Waals surface area contributed by atoms with Gasteiger partial charge in [0, 0.05) is 55.6 Å². The number of hydrogen-bond acceptors (Lipinski definition) is 7. The first-order valence-electron chi connectivity index (χ1n) is 12.5. The van der Waals surface area contributed by atoms with Gasteiger partial charge in [0.1, 0.15) is 0 Å². The van der Waals surface area contributed by atoms with Crippen molar-refractivity contribution in [1.29, 1.82) is 0 Å². The number of anilines is 1. The molecule has 0 atom stereocenters. The van der Waals surface area contributed by atoms with Crippen LogP contribution in [0.4, 0.5) is 5.69 Å². The number of benzene rings is 2. The predicted molar refractivity (Wildman–Crippen MR) is 150 cm³/mol. The number of likely N-dealkylation sites (N-methyl/N-ethyl adjacent to an activating group) is 1. The Kier molecular flexibility index (Phi) is 8.75. The molecule has 2 aromatic carbocycles. The van der Waals surface area contributed by atoms with Gasteiger partial charge in [-0.2, -0.15) is 0 Å². The Hall–Kier alpha value is -3.76. The lowest BCUT2D eigenvalue weighted by molar-refractivity contribution is -0.117. The first-order chi connectivity index (χ1) is 18.2. The quantitative estimate of drug-likeness (QED) is 0.492. The van der Waals surface area contributed by atoms with Crippen molar-refractivity contribution in [3.63, 3.8) is 0 Å². The zero-order chi connectivity index (χ0) is 27.1. The van der Waals surface area contributed by atoms with Gasteiger partial charge in [0.05, 0.1) is 23.4 Å². The number of nitrogens with two attached hydrogens (primary N) is 1. The van der Waals surface area contributed by atoms with E-state index in [4.69, 9.17) is 5.73 Å². The number of para-hydroxylation sites is 1. The van der Waals surface area contributed by atoms with E-state index in [-0.39, 0.29) is 24.0 Å². The molecule has 2 amide bonds. The molecule has 1 aromatic heterocycles. The first kappa shape index (κ1) is 27.3. The summed E-state index contributed by atoms with van der Waals surface area (Å²) in [7, 11) is -1.14. The molecule has 1 saturated heterocycles. The number of sulfone groups is 1. The second kappa shape index (κ2) is 12.2. The van der Waals surface area contributed by atoms with Crippen LogP contribution in [0.5, 0.6) is 0 Å². The van der Waals surface area contributed by atoms with E-state index in [9.17, 15) is 18.0 Å². The van der Waals surface area contributed by atoms with Crippen molar-refractivity contribution in [2.75, 3.05) is 56.2 Å². The van der Waals surface area contributed by atoms with Crippen LogP contribution in [0.25, 0.3) is 10.9 Å². The number of carbonyl (C=O) groups excluding carboxylic acids is 2.